The molecule has 18 heavy (non-hydrogen) atoms. The average molecular weight is 270 g/mol. The Morgan fingerprint density at radius 1 is 0.944 bits per heavy atom. The predicted molar refractivity (Wildman–Crippen MR) is 51.6 cm³/mol. The standard InChI is InChI=1S/C11H8F6O/c1-2-9(18)6-3-7(10(12,13)14)5-8(4-6)11(15,16)17/h2-5,9,18H,1H2/t9-/m1/s1. The summed E-state index contributed by atoms with van der Waals surface area (Å²) in [4.78, 5) is 0. The average Bonchev–Trinajstić information content (AvgIpc) is 2.25. The summed E-state index contributed by atoms with van der Waals surface area (Å²) in [5, 5.41) is 9.26. The third-order valence-electron chi connectivity index (χ3n) is 2.17. The Hall–Kier alpha value is -1.50. The third kappa shape index (κ3) is 3.25. The molecule has 7 heteroatoms. The van der Waals surface area contributed by atoms with Crippen LogP contribution in [0.25, 0.3) is 0 Å². The van der Waals surface area contributed by atoms with E-state index in [0.717, 1.165) is 6.08 Å². The van der Waals surface area contributed by atoms with E-state index in [2.05, 4.69) is 6.58 Å². The van der Waals surface area contributed by atoms with Gasteiger partial charge >= 0.3 is 12.4 Å². The zero-order valence-electron chi connectivity index (χ0n) is 8.81. The second-order valence-electron chi connectivity index (χ2n) is 3.52. The van der Waals surface area contributed by atoms with E-state index in [4.69, 9.17) is 0 Å². The summed E-state index contributed by atoms with van der Waals surface area (Å²) in [7, 11) is 0. The zero-order valence-corrected chi connectivity index (χ0v) is 8.81. The first-order valence-corrected chi connectivity index (χ1v) is 4.65. The predicted octanol–water partition coefficient (Wildman–Crippen LogP) is 3.94. The molecule has 0 aromatic heterocycles. The minimum Gasteiger partial charge on any atom is -0.384 e. The molecule has 0 bridgehead atoms. The van der Waals surface area contributed by atoms with Gasteiger partial charge in [0.05, 0.1) is 17.2 Å². The molecule has 100 valence electrons. The highest BCUT2D eigenvalue weighted by Gasteiger charge is 2.37. The van der Waals surface area contributed by atoms with E-state index in [1.807, 2.05) is 0 Å². The Morgan fingerprint density at radius 3 is 1.61 bits per heavy atom. The summed E-state index contributed by atoms with van der Waals surface area (Å²) in [6.07, 6.45) is -10.6. The fourth-order valence-electron chi connectivity index (χ4n) is 1.29. The Labute approximate surface area is 98.4 Å². The lowest BCUT2D eigenvalue weighted by atomic mass is 10.0. The van der Waals surface area contributed by atoms with Crippen molar-refractivity contribution in [1.82, 2.24) is 0 Å². The number of rotatable bonds is 2. The zero-order chi connectivity index (χ0) is 14.1. The van der Waals surface area contributed by atoms with Crippen LogP contribution < -0.4 is 0 Å². The molecule has 1 nitrogen and oxygen atoms in total. The Kier molecular flexibility index (Phi) is 3.75. The van der Waals surface area contributed by atoms with Gasteiger partial charge in [-0.25, -0.2) is 0 Å². The fraction of sp³-hybridized carbons (Fsp3) is 0.273. The molecule has 1 N–H and O–H groups in total. The van der Waals surface area contributed by atoms with E-state index in [-0.39, 0.29) is 6.07 Å². The van der Waals surface area contributed by atoms with Crippen molar-refractivity contribution in [3.63, 3.8) is 0 Å². The molecule has 0 fully saturated rings. The number of aliphatic hydroxyl groups is 1. The Morgan fingerprint density at radius 2 is 1.33 bits per heavy atom. The molecule has 1 atom stereocenters. The molecule has 0 saturated carbocycles. The van der Waals surface area contributed by atoms with Crippen LogP contribution in [0.4, 0.5) is 26.3 Å². The van der Waals surface area contributed by atoms with Gasteiger partial charge in [-0.3, -0.25) is 0 Å². The van der Waals surface area contributed by atoms with Crippen LogP contribution in [0, 0.1) is 0 Å². The highest BCUT2D eigenvalue weighted by molar-refractivity contribution is 5.35. The van der Waals surface area contributed by atoms with Crippen molar-refractivity contribution in [2.24, 2.45) is 0 Å². The largest absolute Gasteiger partial charge is 0.416 e. The molecule has 0 saturated heterocycles. The SMILES string of the molecule is C=C[C@@H](O)c1cc(C(F)(F)F)cc(C(F)(F)F)c1. The highest BCUT2D eigenvalue weighted by atomic mass is 19.4. The second kappa shape index (κ2) is 4.64. The summed E-state index contributed by atoms with van der Waals surface area (Å²) < 4.78 is 74.6. The van der Waals surface area contributed by atoms with E-state index in [1.165, 1.54) is 0 Å². The van der Waals surface area contributed by atoms with Crippen LogP contribution in [-0.2, 0) is 12.4 Å². The maximum absolute atomic E-state index is 12.4. The van der Waals surface area contributed by atoms with Crippen LogP contribution in [0.3, 0.4) is 0 Å². The van der Waals surface area contributed by atoms with Crippen LogP contribution in [0.2, 0.25) is 0 Å². The van der Waals surface area contributed by atoms with Gasteiger partial charge in [0, 0.05) is 0 Å². The second-order valence-corrected chi connectivity index (χ2v) is 3.52. The van der Waals surface area contributed by atoms with Crippen molar-refractivity contribution in [3.05, 3.63) is 47.5 Å². The van der Waals surface area contributed by atoms with Crippen LogP contribution >= 0.6 is 0 Å². The molecule has 1 aromatic rings. The van der Waals surface area contributed by atoms with Crippen molar-refractivity contribution in [3.8, 4) is 0 Å². The van der Waals surface area contributed by atoms with Gasteiger partial charge in [0.15, 0.2) is 0 Å². The monoisotopic (exact) mass is 270 g/mol. The maximum Gasteiger partial charge on any atom is 0.416 e. The van der Waals surface area contributed by atoms with Gasteiger partial charge in [0.25, 0.3) is 0 Å². The summed E-state index contributed by atoms with van der Waals surface area (Å²) >= 11 is 0. The van der Waals surface area contributed by atoms with Gasteiger partial charge in [-0.1, -0.05) is 6.08 Å². The van der Waals surface area contributed by atoms with Crippen LogP contribution in [0.1, 0.15) is 22.8 Å². The molecule has 0 radical (unpaired) electrons. The quantitative estimate of drug-likeness (QED) is 0.637. The number of alkyl halides is 6. The van der Waals surface area contributed by atoms with Gasteiger partial charge in [0.1, 0.15) is 0 Å². The van der Waals surface area contributed by atoms with Gasteiger partial charge < -0.3 is 5.11 Å². The first-order valence-electron chi connectivity index (χ1n) is 4.65. The van der Waals surface area contributed by atoms with Gasteiger partial charge in [-0.15, -0.1) is 6.58 Å². The van der Waals surface area contributed by atoms with Gasteiger partial charge in [-0.2, -0.15) is 26.3 Å². The van der Waals surface area contributed by atoms with Crippen molar-refractivity contribution in [2.45, 2.75) is 18.5 Å². The number of hydrogen-bond donors (Lipinski definition) is 1. The molecule has 0 aliphatic heterocycles. The molecule has 1 rings (SSSR count). The topological polar surface area (TPSA) is 20.2 Å². The summed E-state index contributed by atoms with van der Waals surface area (Å²) in [6, 6.07) is 0.919. The number of benzene rings is 1. The number of halogens is 6. The lowest BCUT2D eigenvalue weighted by Crippen LogP contribution is -2.12. The van der Waals surface area contributed by atoms with Crippen molar-refractivity contribution in [1.29, 1.82) is 0 Å². The van der Waals surface area contributed by atoms with E-state index in [9.17, 15) is 31.4 Å². The van der Waals surface area contributed by atoms with E-state index in [0.29, 0.717) is 12.1 Å². The summed E-state index contributed by atoms with van der Waals surface area (Å²) in [6.45, 7) is 3.11. The van der Waals surface area contributed by atoms with Crippen molar-refractivity contribution < 1.29 is 31.4 Å². The van der Waals surface area contributed by atoms with E-state index in [1.54, 1.807) is 0 Å². The van der Waals surface area contributed by atoms with Crippen molar-refractivity contribution in [2.75, 3.05) is 0 Å². The smallest absolute Gasteiger partial charge is 0.384 e. The van der Waals surface area contributed by atoms with Crippen LogP contribution in [0.15, 0.2) is 30.9 Å². The highest BCUT2D eigenvalue weighted by Crippen LogP contribution is 2.37. The lowest BCUT2D eigenvalue weighted by molar-refractivity contribution is -0.143. The lowest BCUT2D eigenvalue weighted by Gasteiger charge is -2.15. The van der Waals surface area contributed by atoms with Crippen LogP contribution in [0.5, 0.6) is 0 Å². The summed E-state index contributed by atoms with van der Waals surface area (Å²) in [5.74, 6) is 0. The Balaban J connectivity index is 3.43. The Bertz CT molecular complexity index is 414. The van der Waals surface area contributed by atoms with E-state index < -0.39 is 35.1 Å². The molecule has 0 heterocycles. The molecular formula is C11H8F6O. The molecular weight excluding hydrogens is 262 g/mol. The molecule has 0 unspecified atom stereocenters. The van der Waals surface area contributed by atoms with Crippen LogP contribution in [-0.4, -0.2) is 5.11 Å². The summed E-state index contributed by atoms with van der Waals surface area (Å²) in [5.41, 5.74) is -3.44. The first-order chi connectivity index (χ1) is 8.05. The minimum atomic E-state index is -4.92. The maximum atomic E-state index is 12.4. The molecule has 0 amide bonds. The third-order valence-corrected chi connectivity index (χ3v) is 2.17. The number of aliphatic hydroxyl groups excluding tert-OH is 1. The van der Waals surface area contributed by atoms with Crippen molar-refractivity contribution >= 4 is 0 Å². The molecule has 0 aliphatic carbocycles. The molecule has 1 aromatic carbocycles. The number of hydrogen-bond acceptors (Lipinski definition) is 1. The van der Waals surface area contributed by atoms with E-state index >= 15 is 0 Å². The minimum absolute atomic E-state index is 0.000686. The fourth-order valence-corrected chi connectivity index (χ4v) is 1.29. The molecule has 0 aliphatic rings. The molecule has 0 spiro atoms. The van der Waals surface area contributed by atoms with Gasteiger partial charge in [0.2, 0.25) is 0 Å². The first kappa shape index (κ1) is 14.6. The van der Waals surface area contributed by atoms with Gasteiger partial charge in [-0.05, 0) is 23.8 Å². The normalized spacial score (nSPS) is 14.4.